The Morgan fingerprint density at radius 3 is 2.94 bits per heavy atom. The van der Waals surface area contributed by atoms with Gasteiger partial charge in [-0.3, -0.25) is 0 Å². The molecule has 0 saturated heterocycles. The quantitative estimate of drug-likeness (QED) is 0.825. The van der Waals surface area contributed by atoms with Gasteiger partial charge in [-0.25, -0.2) is 4.79 Å². The Morgan fingerprint density at radius 1 is 1.39 bits per heavy atom. The number of hydrogen-bond acceptors (Lipinski definition) is 3. The Kier molecular flexibility index (Phi) is 3.99. The van der Waals surface area contributed by atoms with E-state index in [1.54, 1.807) is 0 Å². The Morgan fingerprint density at radius 2 is 2.22 bits per heavy atom. The van der Waals surface area contributed by atoms with Crippen LogP contribution in [-0.2, 0) is 20.7 Å². The minimum absolute atomic E-state index is 0.328. The first-order valence-electron chi connectivity index (χ1n) is 6.00. The molecule has 0 fully saturated rings. The van der Waals surface area contributed by atoms with Crippen molar-refractivity contribution in [3.8, 4) is 0 Å². The van der Waals surface area contributed by atoms with Crippen LogP contribution in [-0.4, -0.2) is 30.8 Å². The van der Waals surface area contributed by atoms with Crippen LogP contribution in [0.1, 0.15) is 12.5 Å². The second-order valence-corrected chi connectivity index (χ2v) is 4.07. The summed E-state index contributed by atoms with van der Waals surface area (Å²) < 4.78 is 10.1. The predicted octanol–water partition coefficient (Wildman–Crippen LogP) is 2.29. The van der Waals surface area contributed by atoms with Gasteiger partial charge < -0.3 is 14.5 Å². The molecule has 18 heavy (non-hydrogen) atoms. The van der Waals surface area contributed by atoms with Crippen molar-refractivity contribution in [2.75, 3.05) is 13.7 Å². The van der Waals surface area contributed by atoms with E-state index in [0.717, 1.165) is 16.5 Å². The van der Waals surface area contributed by atoms with Crippen LogP contribution >= 0.6 is 0 Å². The maximum absolute atomic E-state index is 11.6. The first kappa shape index (κ1) is 12.6. The Labute approximate surface area is 106 Å². The van der Waals surface area contributed by atoms with Crippen LogP contribution < -0.4 is 0 Å². The normalized spacial score (nSPS) is 12.6. The predicted molar refractivity (Wildman–Crippen MR) is 69.4 cm³/mol. The number of fused-ring (bicyclic) bond motifs is 1. The van der Waals surface area contributed by atoms with E-state index in [0.29, 0.717) is 13.0 Å². The molecule has 4 nitrogen and oxygen atoms in total. The van der Waals surface area contributed by atoms with E-state index in [1.807, 2.05) is 31.3 Å². The molecule has 0 radical (unpaired) electrons. The van der Waals surface area contributed by atoms with Crippen LogP contribution in [0.4, 0.5) is 0 Å². The number of aromatic nitrogens is 1. The third kappa shape index (κ3) is 2.71. The van der Waals surface area contributed by atoms with Crippen molar-refractivity contribution in [3.63, 3.8) is 0 Å². The molecule has 0 saturated carbocycles. The van der Waals surface area contributed by atoms with Gasteiger partial charge in [0.2, 0.25) is 0 Å². The number of nitrogens with one attached hydrogen (secondary N) is 1. The van der Waals surface area contributed by atoms with Gasteiger partial charge in [0, 0.05) is 24.7 Å². The number of benzene rings is 1. The molecule has 4 heteroatoms. The van der Waals surface area contributed by atoms with Gasteiger partial charge >= 0.3 is 5.97 Å². The molecule has 1 aromatic heterocycles. The van der Waals surface area contributed by atoms with Crippen molar-refractivity contribution in [2.24, 2.45) is 0 Å². The zero-order chi connectivity index (χ0) is 13.0. The van der Waals surface area contributed by atoms with E-state index < -0.39 is 6.10 Å². The molecular weight excluding hydrogens is 230 g/mol. The largest absolute Gasteiger partial charge is 0.467 e. The van der Waals surface area contributed by atoms with Crippen LogP contribution in [0.25, 0.3) is 10.9 Å². The summed E-state index contributed by atoms with van der Waals surface area (Å²) in [6, 6.07) is 8.06. The highest BCUT2D eigenvalue weighted by molar-refractivity contribution is 5.80. The van der Waals surface area contributed by atoms with Crippen molar-refractivity contribution >= 4 is 16.9 Å². The van der Waals surface area contributed by atoms with Crippen LogP contribution in [0, 0.1) is 0 Å². The average Bonchev–Trinajstić information content (AvgIpc) is 2.84. The van der Waals surface area contributed by atoms with Crippen LogP contribution in [0.3, 0.4) is 0 Å². The van der Waals surface area contributed by atoms with Crippen LogP contribution in [0.15, 0.2) is 30.5 Å². The number of hydrogen-bond donors (Lipinski definition) is 1. The number of methoxy groups -OCH3 is 1. The Bertz CT molecular complexity index is 533. The lowest BCUT2D eigenvalue weighted by Crippen LogP contribution is -2.28. The molecule has 1 heterocycles. The summed E-state index contributed by atoms with van der Waals surface area (Å²) >= 11 is 0. The Hall–Kier alpha value is -1.81. The summed E-state index contributed by atoms with van der Waals surface area (Å²) in [5.41, 5.74) is 2.15. The molecule has 0 bridgehead atoms. The monoisotopic (exact) mass is 247 g/mol. The van der Waals surface area contributed by atoms with Crippen LogP contribution in [0.2, 0.25) is 0 Å². The number of esters is 1. The molecule has 0 aliphatic carbocycles. The van der Waals surface area contributed by atoms with Gasteiger partial charge in [0.25, 0.3) is 0 Å². The molecule has 96 valence electrons. The highest BCUT2D eigenvalue weighted by atomic mass is 16.6. The third-order valence-corrected chi connectivity index (χ3v) is 2.87. The Balaban J connectivity index is 2.16. The van der Waals surface area contributed by atoms with E-state index in [9.17, 15) is 4.79 Å². The lowest BCUT2D eigenvalue weighted by Gasteiger charge is -2.14. The van der Waals surface area contributed by atoms with Gasteiger partial charge in [-0.15, -0.1) is 0 Å². The molecule has 0 aliphatic heterocycles. The fourth-order valence-corrected chi connectivity index (χ4v) is 1.99. The van der Waals surface area contributed by atoms with Gasteiger partial charge in [-0.1, -0.05) is 6.07 Å². The summed E-state index contributed by atoms with van der Waals surface area (Å²) in [6.07, 6.45) is 1.90. The summed E-state index contributed by atoms with van der Waals surface area (Å²) in [7, 11) is 1.38. The SMILES string of the molecule is CCO[C@@H](Cc1ccc2[nH]ccc2c1)C(=O)OC. The molecular formula is C14H17NO3. The molecule has 2 rings (SSSR count). The second kappa shape index (κ2) is 5.69. The molecule has 1 aromatic carbocycles. The zero-order valence-electron chi connectivity index (χ0n) is 10.6. The van der Waals surface area contributed by atoms with E-state index in [-0.39, 0.29) is 5.97 Å². The number of aromatic amines is 1. The summed E-state index contributed by atoms with van der Waals surface area (Å²) in [5.74, 6) is -0.328. The van der Waals surface area contributed by atoms with E-state index >= 15 is 0 Å². The maximum Gasteiger partial charge on any atom is 0.335 e. The lowest BCUT2D eigenvalue weighted by molar-refractivity contribution is -0.153. The van der Waals surface area contributed by atoms with Crippen molar-refractivity contribution in [1.82, 2.24) is 4.98 Å². The minimum atomic E-state index is -0.531. The number of carbonyl (C=O) groups excluding carboxylic acids is 1. The highest BCUT2D eigenvalue weighted by Gasteiger charge is 2.19. The van der Waals surface area contributed by atoms with E-state index in [4.69, 9.17) is 9.47 Å². The summed E-state index contributed by atoms with van der Waals surface area (Å²) in [4.78, 5) is 14.7. The molecule has 1 N–H and O–H groups in total. The second-order valence-electron chi connectivity index (χ2n) is 4.07. The first-order valence-corrected chi connectivity index (χ1v) is 6.00. The van der Waals surface area contributed by atoms with E-state index in [2.05, 4.69) is 11.1 Å². The van der Waals surface area contributed by atoms with Crippen molar-refractivity contribution in [1.29, 1.82) is 0 Å². The number of H-pyrrole nitrogens is 1. The van der Waals surface area contributed by atoms with Gasteiger partial charge in [0.1, 0.15) is 0 Å². The minimum Gasteiger partial charge on any atom is -0.467 e. The average molecular weight is 247 g/mol. The van der Waals surface area contributed by atoms with E-state index in [1.165, 1.54) is 7.11 Å². The van der Waals surface area contributed by atoms with Crippen molar-refractivity contribution < 1.29 is 14.3 Å². The number of rotatable bonds is 5. The van der Waals surface area contributed by atoms with Gasteiger partial charge in [0.15, 0.2) is 6.10 Å². The number of carbonyl (C=O) groups is 1. The fraction of sp³-hybridized carbons (Fsp3) is 0.357. The molecule has 0 unspecified atom stereocenters. The molecule has 0 amide bonds. The van der Waals surface area contributed by atoms with Gasteiger partial charge in [-0.2, -0.15) is 0 Å². The molecule has 2 aromatic rings. The third-order valence-electron chi connectivity index (χ3n) is 2.87. The first-order chi connectivity index (χ1) is 8.74. The van der Waals surface area contributed by atoms with Gasteiger partial charge in [0.05, 0.1) is 7.11 Å². The molecule has 1 atom stereocenters. The van der Waals surface area contributed by atoms with Crippen molar-refractivity contribution in [2.45, 2.75) is 19.4 Å². The zero-order valence-corrected chi connectivity index (χ0v) is 10.6. The summed E-state index contributed by atoms with van der Waals surface area (Å²) in [6.45, 7) is 2.36. The lowest BCUT2D eigenvalue weighted by atomic mass is 10.1. The smallest absolute Gasteiger partial charge is 0.335 e. The van der Waals surface area contributed by atoms with Crippen molar-refractivity contribution in [3.05, 3.63) is 36.0 Å². The highest BCUT2D eigenvalue weighted by Crippen LogP contribution is 2.16. The van der Waals surface area contributed by atoms with Crippen LogP contribution in [0.5, 0.6) is 0 Å². The molecule has 0 aliphatic rings. The van der Waals surface area contributed by atoms with Gasteiger partial charge in [-0.05, 0) is 36.1 Å². The number of ether oxygens (including phenoxy) is 2. The fourth-order valence-electron chi connectivity index (χ4n) is 1.99. The summed E-state index contributed by atoms with van der Waals surface area (Å²) in [5, 5.41) is 1.13. The molecule has 0 spiro atoms. The topological polar surface area (TPSA) is 51.3 Å². The standard InChI is InChI=1S/C14H17NO3/c1-3-18-13(14(16)17-2)9-10-4-5-12-11(8-10)6-7-15-12/h4-8,13,15H,3,9H2,1-2H3/t13-/m0/s1. The maximum atomic E-state index is 11.6.